The fourth-order valence-electron chi connectivity index (χ4n) is 4.68. The summed E-state index contributed by atoms with van der Waals surface area (Å²) in [5, 5.41) is 4.05. The summed E-state index contributed by atoms with van der Waals surface area (Å²) in [6.45, 7) is 1.40. The summed E-state index contributed by atoms with van der Waals surface area (Å²) in [7, 11) is 3.35. The number of ether oxygens (including phenoxy) is 1. The first-order valence-electron chi connectivity index (χ1n) is 10.0. The average Bonchev–Trinajstić information content (AvgIpc) is 3.54. The van der Waals surface area contributed by atoms with E-state index in [0.717, 1.165) is 41.2 Å². The number of carbonyl (C=O) groups excluding carboxylic acids is 2. The maximum atomic E-state index is 12.7. The molecular weight excluding hydrogens is 420 g/mol. The number of aromatic amines is 1. The standard InChI is InChI=1S/C19H22N8O3S/c1-26(16-13-3-4-20-14(13)21-9-22-16)12-5-10-7-27(8-11(10)6-12)19(29)24-18-23-15(25-31-18)17(28)30-2/h3-4,9-12H,5-8H2,1-2H3,(H,20,21,22)(H,23,24,25,29). The van der Waals surface area contributed by atoms with Gasteiger partial charge in [0.15, 0.2) is 0 Å². The summed E-state index contributed by atoms with van der Waals surface area (Å²) in [6.07, 6.45) is 5.48. The Morgan fingerprint density at radius 3 is 2.81 bits per heavy atom. The van der Waals surface area contributed by atoms with Crippen LogP contribution >= 0.6 is 11.5 Å². The molecule has 1 saturated heterocycles. The zero-order valence-electron chi connectivity index (χ0n) is 17.1. The van der Waals surface area contributed by atoms with Gasteiger partial charge in [-0.3, -0.25) is 5.32 Å². The van der Waals surface area contributed by atoms with Crippen LogP contribution in [0.4, 0.5) is 15.7 Å². The molecule has 31 heavy (non-hydrogen) atoms. The number of fused-ring (bicyclic) bond motifs is 2. The first-order valence-corrected chi connectivity index (χ1v) is 10.8. The van der Waals surface area contributed by atoms with Crippen LogP contribution in [0.25, 0.3) is 11.0 Å². The fraction of sp³-hybridized carbons (Fsp3) is 0.474. The van der Waals surface area contributed by atoms with Gasteiger partial charge in [-0.2, -0.15) is 9.36 Å². The Balaban J connectivity index is 1.20. The van der Waals surface area contributed by atoms with Gasteiger partial charge in [0.25, 0.3) is 5.82 Å². The predicted molar refractivity (Wildman–Crippen MR) is 114 cm³/mol. The lowest BCUT2D eigenvalue weighted by molar-refractivity contribution is 0.0588. The first-order chi connectivity index (χ1) is 15.0. The van der Waals surface area contributed by atoms with Gasteiger partial charge in [0.2, 0.25) is 5.13 Å². The van der Waals surface area contributed by atoms with Crippen LogP contribution in [0.5, 0.6) is 0 Å². The maximum Gasteiger partial charge on any atom is 0.377 e. The van der Waals surface area contributed by atoms with E-state index in [-0.39, 0.29) is 11.9 Å². The highest BCUT2D eigenvalue weighted by Crippen LogP contribution is 2.41. The Bertz CT molecular complexity index is 1120. The van der Waals surface area contributed by atoms with E-state index in [2.05, 4.69) is 46.3 Å². The molecule has 1 aliphatic heterocycles. The van der Waals surface area contributed by atoms with E-state index >= 15 is 0 Å². The highest BCUT2D eigenvalue weighted by molar-refractivity contribution is 7.10. The molecule has 0 bridgehead atoms. The Labute approximate surface area is 182 Å². The van der Waals surface area contributed by atoms with Crippen LogP contribution in [0.1, 0.15) is 23.5 Å². The molecule has 4 heterocycles. The zero-order chi connectivity index (χ0) is 21.5. The molecule has 1 saturated carbocycles. The largest absolute Gasteiger partial charge is 0.463 e. The van der Waals surface area contributed by atoms with Crippen molar-refractivity contribution in [2.24, 2.45) is 11.8 Å². The molecule has 3 aromatic rings. The van der Waals surface area contributed by atoms with Crippen molar-refractivity contribution in [3.8, 4) is 0 Å². The minimum absolute atomic E-state index is 0.0479. The second-order valence-electron chi connectivity index (χ2n) is 7.94. The van der Waals surface area contributed by atoms with Crippen LogP contribution in [0.15, 0.2) is 18.6 Å². The molecule has 12 heteroatoms. The smallest absolute Gasteiger partial charge is 0.377 e. The monoisotopic (exact) mass is 442 g/mol. The average molecular weight is 443 g/mol. The molecule has 3 aromatic heterocycles. The van der Waals surface area contributed by atoms with Gasteiger partial charge in [-0.15, -0.1) is 0 Å². The van der Waals surface area contributed by atoms with Crippen molar-refractivity contribution in [1.29, 1.82) is 0 Å². The van der Waals surface area contributed by atoms with Crippen LogP contribution in [0.2, 0.25) is 0 Å². The van der Waals surface area contributed by atoms with E-state index in [1.165, 1.54) is 7.11 Å². The minimum atomic E-state index is -0.622. The molecule has 2 aliphatic rings. The normalized spacial score (nSPS) is 22.5. The molecule has 1 aliphatic carbocycles. The van der Waals surface area contributed by atoms with Gasteiger partial charge in [-0.05, 0) is 30.7 Å². The molecule has 5 rings (SSSR count). The van der Waals surface area contributed by atoms with E-state index in [4.69, 9.17) is 0 Å². The van der Waals surface area contributed by atoms with Crippen LogP contribution in [-0.4, -0.2) is 74.5 Å². The third-order valence-corrected chi connectivity index (χ3v) is 6.87. The highest BCUT2D eigenvalue weighted by Gasteiger charge is 2.44. The van der Waals surface area contributed by atoms with Gasteiger partial charge in [-0.1, -0.05) is 0 Å². The number of hydrogen-bond acceptors (Lipinski definition) is 9. The molecular formula is C19H22N8O3S. The quantitative estimate of drug-likeness (QED) is 0.587. The van der Waals surface area contributed by atoms with Gasteiger partial charge in [-0.25, -0.2) is 19.6 Å². The molecule has 0 radical (unpaired) electrons. The van der Waals surface area contributed by atoms with E-state index in [0.29, 0.717) is 36.1 Å². The van der Waals surface area contributed by atoms with Gasteiger partial charge < -0.3 is 19.5 Å². The lowest BCUT2D eigenvalue weighted by atomic mass is 10.0. The minimum Gasteiger partial charge on any atom is -0.463 e. The summed E-state index contributed by atoms with van der Waals surface area (Å²) < 4.78 is 8.50. The molecule has 2 unspecified atom stereocenters. The van der Waals surface area contributed by atoms with Crippen molar-refractivity contribution >= 4 is 45.5 Å². The summed E-state index contributed by atoms with van der Waals surface area (Å²) in [6, 6.07) is 2.16. The number of H-pyrrole nitrogens is 1. The number of nitrogens with one attached hydrogen (secondary N) is 2. The molecule has 11 nitrogen and oxygen atoms in total. The molecule has 2 amide bonds. The number of likely N-dealkylation sites (tertiary alicyclic amines) is 1. The fourth-order valence-corrected chi connectivity index (χ4v) is 5.23. The summed E-state index contributed by atoms with van der Waals surface area (Å²) in [5.74, 6) is 1.16. The molecule has 0 spiro atoms. The number of rotatable bonds is 4. The topological polar surface area (TPSA) is 129 Å². The summed E-state index contributed by atoms with van der Waals surface area (Å²) in [4.78, 5) is 44.1. The van der Waals surface area contributed by atoms with Crippen molar-refractivity contribution in [2.75, 3.05) is 37.5 Å². The number of aromatic nitrogens is 5. The molecule has 162 valence electrons. The van der Waals surface area contributed by atoms with Crippen molar-refractivity contribution in [3.05, 3.63) is 24.4 Å². The summed E-state index contributed by atoms with van der Waals surface area (Å²) >= 11 is 0.963. The first kappa shape index (κ1) is 19.7. The number of anilines is 2. The third-order valence-electron chi connectivity index (χ3n) is 6.24. The second-order valence-corrected chi connectivity index (χ2v) is 8.70. The van der Waals surface area contributed by atoms with Crippen LogP contribution in [-0.2, 0) is 4.74 Å². The lowest BCUT2D eigenvalue weighted by Gasteiger charge is -2.27. The Kier molecular flexibility index (Phi) is 4.93. The van der Waals surface area contributed by atoms with E-state index < -0.39 is 5.97 Å². The number of esters is 1. The van der Waals surface area contributed by atoms with Gasteiger partial charge >= 0.3 is 12.0 Å². The number of hydrogen-bond donors (Lipinski definition) is 2. The van der Waals surface area contributed by atoms with E-state index in [1.54, 1.807) is 6.33 Å². The van der Waals surface area contributed by atoms with Crippen molar-refractivity contribution in [1.82, 2.24) is 29.2 Å². The second kappa shape index (κ2) is 7.76. The Morgan fingerprint density at radius 1 is 1.29 bits per heavy atom. The number of amides is 2. The van der Waals surface area contributed by atoms with Gasteiger partial charge in [0.05, 0.1) is 12.5 Å². The Morgan fingerprint density at radius 2 is 2.06 bits per heavy atom. The van der Waals surface area contributed by atoms with Crippen LogP contribution in [0.3, 0.4) is 0 Å². The number of urea groups is 1. The van der Waals surface area contributed by atoms with Crippen LogP contribution < -0.4 is 10.2 Å². The number of nitrogens with zero attached hydrogens (tertiary/aromatic N) is 6. The maximum absolute atomic E-state index is 12.7. The number of carbonyl (C=O) groups is 2. The van der Waals surface area contributed by atoms with E-state index in [9.17, 15) is 9.59 Å². The van der Waals surface area contributed by atoms with Crippen LogP contribution in [0, 0.1) is 11.8 Å². The molecule has 0 aromatic carbocycles. The van der Waals surface area contributed by atoms with Crippen molar-refractivity contribution in [2.45, 2.75) is 18.9 Å². The molecule has 2 N–H and O–H groups in total. The molecule has 2 atom stereocenters. The SMILES string of the molecule is COC(=O)c1nsc(NC(=O)N2CC3CC(N(C)c4ncnc5[nH]ccc45)CC3C2)n1. The molecule has 2 fully saturated rings. The van der Waals surface area contributed by atoms with E-state index in [1.807, 2.05) is 17.2 Å². The lowest BCUT2D eigenvalue weighted by Crippen LogP contribution is -2.36. The Hall–Kier alpha value is -3.28. The zero-order valence-corrected chi connectivity index (χ0v) is 17.9. The van der Waals surface area contributed by atoms with Crippen molar-refractivity contribution in [3.63, 3.8) is 0 Å². The van der Waals surface area contributed by atoms with Gasteiger partial charge in [0.1, 0.15) is 17.8 Å². The number of methoxy groups -OCH3 is 1. The highest BCUT2D eigenvalue weighted by atomic mass is 32.1. The summed E-state index contributed by atoms with van der Waals surface area (Å²) in [5.41, 5.74) is 0.838. The third kappa shape index (κ3) is 3.56. The van der Waals surface area contributed by atoms with Gasteiger partial charge in [0, 0.05) is 43.9 Å². The predicted octanol–water partition coefficient (Wildman–Crippen LogP) is 1.97. The van der Waals surface area contributed by atoms with Crippen molar-refractivity contribution < 1.29 is 14.3 Å².